The number of nitrogens with one attached hydrogen (secondary N) is 1. The quantitative estimate of drug-likeness (QED) is 0.515. The number of fused-ring (bicyclic) bond motifs is 1. The van der Waals surface area contributed by atoms with Gasteiger partial charge >= 0.3 is 0 Å². The van der Waals surface area contributed by atoms with Gasteiger partial charge in [0.05, 0.1) is 17.3 Å². The molecule has 0 bridgehead atoms. The van der Waals surface area contributed by atoms with Crippen LogP contribution in [0.15, 0.2) is 66.0 Å². The summed E-state index contributed by atoms with van der Waals surface area (Å²) in [6, 6.07) is 13.7. The number of H-pyrrole nitrogens is 1. The predicted molar refractivity (Wildman–Crippen MR) is 119 cm³/mol. The Morgan fingerprint density at radius 2 is 1.90 bits per heavy atom. The number of rotatable bonds is 6. The third-order valence-electron chi connectivity index (χ3n) is 5.13. The van der Waals surface area contributed by atoms with Crippen molar-refractivity contribution in [2.45, 2.75) is 25.9 Å². The van der Waals surface area contributed by atoms with Crippen LogP contribution in [0.4, 0.5) is 5.82 Å². The van der Waals surface area contributed by atoms with Crippen LogP contribution in [0.25, 0.3) is 27.8 Å². The maximum Gasteiger partial charge on any atom is 0.260 e. The topological polar surface area (TPSA) is 87.0 Å². The van der Waals surface area contributed by atoms with E-state index in [-0.39, 0.29) is 5.56 Å². The number of hydrogen-bond donors (Lipinski definition) is 2. The third-order valence-corrected chi connectivity index (χ3v) is 5.13. The molecule has 0 aliphatic carbocycles. The van der Waals surface area contributed by atoms with Gasteiger partial charge in [-0.1, -0.05) is 18.2 Å². The molecule has 154 valence electrons. The Balaban J connectivity index is 1.73. The molecule has 0 fully saturated rings. The van der Waals surface area contributed by atoms with E-state index in [1.165, 1.54) is 6.33 Å². The molecule has 7 nitrogen and oxygen atoms in total. The van der Waals surface area contributed by atoms with Gasteiger partial charge in [-0.3, -0.25) is 4.79 Å². The molecule has 7 heteroatoms. The van der Waals surface area contributed by atoms with Crippen molar-refractivity contribution in [3.05, 3.63) is 71.5 Å². The minimum Gasteiger partial charge on any atom is -0.390 e. The molecular weight excluding hydrogens is 378 g/mol. The van der Waals surface area contributed by atoms with Gasteiger partial charge in [0, 0.05) is 42.8 Å². The standard InChI is InChI=1S/C23H25N5O2/c1-23(2,30)11-12-27(3)19-10-9-16(13-24-19)18-14-28(17-7-5-4-6-8-17)21-20(18)22(29)26-15-25-21/h4-10,13-15,30H,11-12H2,1-3H3,(H,25,26,29). The highest BCUT2D eigenvalue weighted by Gasteiger charge is 2.17. The van der Waals surface area contributed by atoms with E-state index in [4.69, 9.17) is 0 Å². The maximum absolute atomic E-state index is 12.6. The first-order chi connectivity index (χ1) is 14.3. The van der Waals surface area contributed by atoms with Gasteiger partial charge in [-0.25, -0.2) is 9.97 Å². The molecule has 30 heavy (non-hydrogen) atoms. The second-order valence-corrected chi connectivity index (χ2v) is 8.07. The summed E-state index contributed by atoms with van der Waals surface area (Å²) in [5.41, 5.74) is 2.25. The molecule has 0 atom stereocenters. The van der Waals surface area contributed by atoms with E-state index >= 15 is 0 Å². The van der Waals surface area contributed by atoms with Gasteiger partial charge in [0.2, 0.25) is 0 Å². The Morgan fingerprint density at radius 3 is 2.57 bits per heavy atom. The number of aromatic amines is 1. The number of nitrogens with zero attached hydrogens (tertiary/aromatic N) is 4. The van der Waals surface area contributed by atoms with E-state index in [2.05, 4.69) is 15.0 Å². The number of pyridine rings is 1. The lowest BCUT2D eigenvalue weighted by atomic mass is 10.1. The van der Waals surface area contributed by atoms with Crippen LogP contribution in [0.3, 0.4) is 0 Å². The molecule has 0 spiro atoms. The molecule has 0 saturated carbocycles. The maximum atomic E-state index is 12.6. The van der Waals surface area contributed by atoms with Gasteiger partial charge in [0.25, 0.3) is 5.56 Å². The van der Waals surface area contributed by atoms with E-state index in [1.807, 2.05) is 65.2 Å². The molecule has 0 saturated heterocycles. The van der Waals surface area contributed by atoms with E-state index < -0.39 is 5.60 Å². The average molecular weight is 403 g/mol. The molecule has 3 heterocycles. The first-order valence-electron chi connectivity index (χ1n) is 9.87. The minimum atomic E-state index is -0.721. The normalized spacial score (nSPS) is 11.7. The number of hydrogen-bond acceptors (Lipinski definition) is 5. The van der Waals surface area contributed by atoms with Gasteiger partial charge in [0.1, 0.15) is 5.82 Å². The van der Waals surface area contributed by atoms with Crippen molar-refractivity contribution in [2.24, 2.45) is 0 Å². The lowest BCUT2D eigenvalue weighted by Crippen LogP contribution is -2.28. The molecule has 0 unspecified atom stereocenters. The molecule has 0 aliphatic heterocycles. The van der Waals surface area contributed by atoms with E-state index in [0.717, 1.165) is 22.6 Å². The highest BCUT2D eigenvalue weighted by molar-refractivity contribution is 5.94. The van der Waals surface area contributed by atoms with Crippen molar-refractivity contribution in [1.29, 1.82) is 0 Å². The third kappa shape index (κ3) is 3.97. The summed E-state index contributed by atoms with van der Waals surface area (Å²) in [4.78, 5) is 26.3. The number of aliphatic hydroxyl groups is 1. The van der Waals surface area contributed by atoms with Crippen LogP contribution in [0, 0.1) is 0 Å². The lowest BCUT2D eigenvalue weighted by Gasteiger charge is -2.23. The number of benzene rings is 1. The monoisotopic (exact) mass is 403 g/mol. The Labute approximate surface area is 174 Å². The van der Waals surface area contributed by atoms with Crippen LogP contribution in [-0.2, 0) is 0 Å². The second-order valence-electron chi connectivity index (χ2n) is 8.07. The Bertz CT molecular complexity index is 1200. The number of para-hydroxylation sites is 1. The minimum absolute atomic E-state index is 0.184. The Kier molecular flexibility index (Phi) is 5.13. The summed E-state index contributed by atoms with van der Waals surface area (Å²) in [6.07, 6.45) is 5.76. The molecular formula is C23H25N5O2. The summed E-state index contributed by atoms with van der Waals surface area (Å²) in [5, 5.41) is 10.5. The predicted octanol–water partition coefficient (Wildman–Crippen LogP) is 3.37. The smallest absolute Gasteiger partial charge is 0.260 e. The first-order valence-corrected chi connectivity index (χ1v) is 9.87. The molecule has 0 radical (unpaired) electrons. The molecule has 3 aromatic heterocycles. The Morgan fingerprint density at radius 1 is 1.13 bits per heavy atom. The largest absolute Gasteiger partial charge is 0.390 e. The zero-order valence-corrected chi connectivity index (χ0v) is 17.3. The molecule has 2 N–H and O–H groups in total. The fraction of sp³-hybridized carbons (Fsp3) is 0.261. The highest BCUT2D eigenvalue weighted by atomic mass is 16.3. The average Bonchev–Trinajstić information content (AvgIpc) is 3.13. The SMILES string of the molecule is CN(CCC(C)(C)O)c1ccc(-c2cn(-c3ccccc3)c3nc[nH]c(=O)c23)cn1. The summed E-state index contributed by atoms with van der Waals surface area (Å²) in [7, 11) is 1.95. The van der Waals surface area contributed by atoms with Crippen molar-refractivity contribution < 1.29 is 5.11 Å². The highest BCUT2D eigenvalue weighted by Crippen LogP contribution is 2.29. The van der Waals surface area contributed by atoms with Crippen molar-refractivity contribution >= 4 is 16.9 Å². The van der Waals surface area contributed by atoms with Crippen LogP contribution in [0.1, 0.15) is 20.3 Å². The van der Waals surface area contributed by atoms with Crippen LogP contribution in [0.5, 0.6) is 0 Å². The lowest BCUT2D eigenvalue weighted by molar-refractivity contribution is 0.0733. The summed E-state index contributed by atoms with van der Waals surface area (Å²) < 4.78 is 1.92. The van der Waals surface area contributed by atoms with E-state index in [9.17, 15) is 9.90 Å². The molecule has 0 amide bonds. The van der Waals surface area contributed by atoms with Crippen LogP contribution in [-0.4, -0.2) is 43.8 Å². The van der Waals surface area contributed by atoms with Gasteiger partial charge in [-0.15, -0.1) is 0 Å². The fourth-order valence-electron chi connectivity index (χ4n) is 3.40. The summed E-state index contributed by atoms with van der Waals surface area (Å²) in [5.74, 6) is 0.807. The Hall–Kier alpha value is -3.45. The second kappa shape index (κ2) is 7.76. The van der Waals surface area contributed by atoms with Crippen LogP contribution >= 0.6 is 0 Å². The fourth-order valence-corrected chi connectivity index (χ4v) is 3.40. The molecule has 1 aromatic carbocycles. The number of anilines is 1. The van der Waals surface area contributed by atoms with Gasteiger partial charge in [-0.05, 0) is 44.5 Å². The van der Waals surface area contributed by atoms with Crippen LogP contribution in [0.2, 0.25) is 0 Å². The van der Waals surface area contributed by atoms with Crippen molar-refractivity contribution in [1.82, 2.24) is 19.5 Å². The van der Waals surface area contributed by atoms with Gasteiger partial charge in [-0.2, -0.15) is 0 Å². The van der Waals surface area contributed by atoms with E-state index in [0.29, 0.717) is 24.0 Å². The first kappa shape index (κ1) is 19.8. The van der Waals surface area contributed by atoms with Gasteiger partial charge in [0.15, 0.2) is 5.65 Å². The van der Waals surface area contributed by atoms with E-state index in [1.54, 1.807) is 20.0 Å². The van der Waals surface area contributed by atoms with Crippen LogP contribution < -0.4 is 10.5 Å². The van der Waals surface area contributed by atoms with Crippen molar-refractivity contribution in [2.75, 3.05) is 18.5 Å². The number of aromatic nitrogens is 4. The summed E-state index contributed by atoms with van der Waals surface area (Å²) in [6.45, 7) is 4.28. The molecule has 4 rings (SSSR count). The summed E-state index contributed by atoms with van der Waals surface area (Å²) >= 11 is 0. The van der Waals surface area contributed by atoms with Crippen molar-refractivity contribution in [3.8, 4) is 16.8 Å². The van der Waals surface area contributed by atoms with Gasteiger partial charge < -0.3 is 19.6 Å². The zero-order valence-electron chi connectivity index (χ0n) is 17.3. The molecule has 0 aliphatic rings. The van der Waals surface area contributed by atoms with Crippen molar-refractivity contribution in [3.63, 3.8) is 0 Å². The molecule has 4 aromatic rings. The zero-order chi connectivity index (χ0) is 21.3.